The number of anilines is 1. The van der Waals surface area contributed by atoms with Crippen LogP contribution in [0.1, 0.15) is 36.8 Å². The maximum absolute atomic E-state index is 6.00. The van der Waals surface area contributed by atoms with E-state index in [1.165, 1.54) is 29.5 Å². The molecule has 0 aliphatic heterocycles. The summed E-state index contributed by atoms with van der Waals surface area (Å²) in [5.74, 6) is 0. The molecule has 0 amide bonds. The van der Waals surface area contributed by atoms with Crippen LogP contribution in [-0.2, 0) is 6.42 Å². The van der Waals surface area contributed by atoms with E-state index in [0.717, 1.165) is 24.9 Å². The monoisotopic (exact) mass is 273 g/mol. The van der Waals surface area contributed by atoms with Crippen LogP contribution in [0.25, 0.3) is 0 Å². The second-order valence-corrected chi connectivity index (χ2v) is 5.95. The molecule has 0 saturated heterocycles. The fourth-order valence-electron chi connectivity index (χ4n) is 2.51. The van der Waals surface area contributed by atoms with Crippen LogP contribution in [0.5, 0.6) is 0 Å². The summed E-state index contributed by atoms with van der Waals surface area (Å²) in [6, 6.07) is 6.30. The van der Waals surface area contributed by atoms with Crippen molar-refractivity contribution in [3.8, 4) is 0 Å². The Morgan fingerprint density at radius 1 is 1.26 bits per heavy atom. The number of aryl methyl sites for hydroxylation is 2. The highest BCUT2D eigenvalue weighted by Crippen LogP contribution is 2.24. The minimum absolute atomic E-state index is 0.425. The lowest BCUT2D eigenvalue weighted by molar-refractivity contribution is 0.712. The largest absolute Gasteiger partial charge is 0.399 e. The Hall–Kier alpha value is -1.15. The van der Waals surface area contributed by atoms with Crippen LogP contribution in [0.2, 0.25) is 0 Å². The van der Waals surface area contributed by atoms with Gasteiger partial charge in [-0.05, 0) is 50.7 Å². The Morgan fingerprint density at radius 2 is 2.05 bits per heavy atom. The Morgan fingerprint density at radius 3 is 2.84 bits per heavy atom. The molecule has 1 atom stereocenters. The van der Waals surface area contributed by atoms with Gasteiger partial charge in [0.25, 0.3) is 0 Å². The minimum Gasteiger partial charge on any atom is -0.399 e. The molecule has 1 nitrogen and oxygen atoms in total. The van der Waals surface area contributed by atoms with E-state index in [1.54, 1.807) is 0 Å². The molecule has 2 rings (SSSR count). The van der Waals surface area contributed by atoms with Gasteiger partial charge in [0.2, 0.25) is 0 Å². The Kier molecular flexibility index (Phi) is 5.15. The van der Waals surface area contributed by atoms with Crippen molar-refractivity contribution in [1.82, 2.24) is 0 Å². The van der Waals surface area contributed by atoms with Crippen LogP contribution in [0, 0.1) is 6.92 Å². The Balaban J connectivity index is 1.79. The molecule has 1 aromatic carbocycles. The molecule has 1 aliphatic carbocycles. The van der Waals surface area contributed by atoms with Crippen molar-refractivity contribution in [3.63, 3.8) is 0 Å². The van der Waals surface area contributed by atoms with E-state index in [4.69, 9.17) is 5.73 Å². The first-order valence-corrected chi connectivity index (χ1v) is 7.57. The third-order valence-electron chi connectivity index (χ3n) is 3.69. The van der Waals surface area contributed by atoms with Gasteiger partial charge in [-0.15, -0.1) is 0 Å². The quantitative estimate of drug-likeness (QED) is 0.462. The normalized spacial score (nSPS) is 18.4. The van der Waals surface area contributed by atoms with E-state index in [-0.39, 0.29) is 0 Å². The summed E-state index contributed by atoms with van der Waals surface area (Å²) in [5, 5.41) is 0.425. The van der Waals surface area contributed by atoms with Crippen molar-refractivity contribution in [3.05, 3.63) is 53.1 Å². The first-order chi connectivity index (χ1) is 9.16. The molecule has 0 aromatic heterocycles. The number of thiol groups is 1. The number of nitrogens with two attached hydrogens (primary N) is 1. The van der Waals surface area contributed by atoms with E-state index >= 15 is 0 Å². The zero-order chi connectivity index (χ0) is 13.7. The molecule has 19 heavy (non-hydrogen) atoms. The number of hydrogen-bond acceptors (Lipinski definition) is 2. The van der Waals surface area contributed by atoms with E-state index in [2.05, 4.69) is 49.9 Å². The van der Waals surface area contributed by atoms with Gasteiger partial charge < -0.3 is 5.73 Å². The average molecular weight is 273 g/mol. The summed E-state index contributed by atoms with van der Waals surface area (Å²) in [4.78, 5) is 0. The summed E-state index contributed by atoms with van der Waals surface area (Å²) >= 11 is 4.62. The summed E-state index contributed by atoms with van der Waals surface area (Å²) in [6.07, 6.45) is 12.3. The lowest BCUT2D eigenvalue weighted by atomic mass is 9.97. The summed E-state index contributed by atoms with van der Waals surface area (Å²) < 4.78 is 0. The first-order valence-electron chi connectivity index (χ1n) is 7.05. The van der Waals surface area contributed by atoms with Crippen molar-refractivity contribution < 1.29 is 0 Å². The molecule has 0 spiro atoms. The molecule has 0 radical (unpaired) electrons. The third kappa shape index (κ3) is 4.17. The van der Waals surface area contributed by atoms with Crippen LogP contribution in [0.3, 0.4) is 0 Å². The molecule has 1 aromatic rings. The lowest BCUT2D eigenvalue weighted by Gasteiger charge is -2.16. The highest BCUT2D eigenvalue weighted by atomic mass is 32.1. The van der Waals surface area contributed by atoms with Crippen molar-refractivity contribution >= 4 is 18.3 Å². The number of hydrogen-bond donors (Lipinski definition) is 2. The molecule has 1 unspecified atom stereocenters. The SMILES string of the molecule is Cc1ccc(N)c(CCCCC2=CC=CCC2S)c1. The molecule has 1 aliphatic rings. The van der Waals surface area contributed by atoms with Crippen molar-refractivity contribution in [2.24, 2.45) is 0 Å². The third-order valence-corrected chi connectivity index (χ3v) is 4.24. The molecule has 102 valence electrons. The van der Waals surface area contributed by atoms with Crippen LogP contribution in [0.15, 0.2) is 42.0 Å². The number of unbranched alkanes of at least 4 members (excludes halogenated alkanes) is 1. The number of allylic oxidation sites excluding steroid dienone is 3. The van der Waals surface area contributed by atoms with E-state index < -0.39 is 0 Å². The Bertz CT molecular complexity index is 488. The number of rotatable bonds is 5. The molecule has 2 N–H and O–H groups in total. The fraction of sp³-hybridized carbons (Fsp3) is 0.412. The van der Waals surface area contributed by atoms with E-state index in [1.807, 2.05) is 6.07 Å². The Labute approximate surface area is 122 Å². The van der Waals surface area contributed by atoms with Gasteiger partial charge in [0, 0.05) is 10.9 Å². The van der Waals surface area contributed by atoms with Gasteiger partial charge in [0.15, 0.2) is 0 Å². The molecule has 2 heteroatoms. The van der Waals surface area contributed by atoms with Gasteiger partial charge in [-0.1, -0.05) is 41.5 Å². The predicted molar refractivity (Wildman–Crippen MR) is 87.8 cm³/mol. The second-order valence-electron chi connectivity index (χ2n) is 5.33. The summed E-state index contributed by atoms with van der Waals surface area (Å²) in [6.45, 7) is 2.12. The highest BCUT2D eigenvalue weighted by Gasteiger charge is 2.10. The average Bonchev–Trinajstić information content (AvgIpc) is 2.40. The van der Waals surface area contributed by atoms with Gasteiger partial charge in [0.1, 0.15) is 0 Å². The van der Waals surface area contributed by atoms with Crippen molar-refractivity contribution in [1.29, 1.82) is 0 Å². The first kappa shape index (κ1) is 14.3. The second kappa shape index (κ2) is 6.85. The molecule has 0 bridgehead atoms. The van der Waals surface area contributed by atoms with E-state index in [0.29, 0.717) is 5.25 Å². The zero-order valence-corrected chi connectivity index (χ0v) is 12.5. The number of benzene rings is 1. The van der Waals surface area contributed by atoms with Gasteiger partial charge in [0.05, 0.1) is 0 Å². The summed E-state index contributed by atoms with van der Waals surface area (Å²) in [5.41, 5.74) is 11.0. The predicted octanol–water partition coefficient (Wildman–Crippen LogP) is 4.47. The van der Waals surface area contributed by atoms with Crippen LogP contribution in [-0.4, -0.2) is 5.25 Å². The van der Waals surface area contributed by atoms with Crippen LogP contribution in [0.4, 0.5) is 5.69 Å². The van der Waals surface area contributed by atoms with E-state index in [9.17, 15) is 0 Å². The standard InChI is InChI=1S/C17H23NS/c1-13-10-11-16(18)15(12-13)8-3-2-6-14-7-4-5-9-17(14)19/h4-5,7,10-12,17,19H,2-3,6,8-9,18H2,1H3. The van der Waals surface area contributed by atoms with Gasteiger partial charge in [-0.25, -0.2) is 0 Å². The molecule has 0 heterocycles. The van der Waals surface area contributed by atoms with Gasteiger partial charge in [-0.3, -0.25) is 0 Å². The van der Waals surface area contributed by atoms with Crippen molar-refractivity contribution in [2.45, 2.75) is 44.3 Å². The molecular formula is C17H23NS. The topological polar surface area (TPSA) is 26.0 Å². The molecule has 0 fully saturated rings. The van der Waals surface area contributed by atoms with Crippen molar-refractivity contribution in [2.75, 3.05) is 5.73 Å². The maximum Gasteiger partial charge on any atom is 0.0346 e. The maximum atomic E-state index is 6.00. The molecular weight excluding hydrogens is 250 g/mol. The van der Waals surface area contributed by atoms with Gasteiger partial charge >= 0.3 is 0 Å². The highest BCUT2D eigenvalue weighted by molar-refractivity contribution is 7.81. The summed E-state index contributed by atoms with van der Waals surface area (Å²) in [7, 11) is 0. The zero-order valence-electron chi connectivity index (χ0n) is 11.6. The lowest BCUT2D eigenvalue weighted by Crippen LogP contribution is -2.05. The fourth-order valence-corrected chi connectivity index (χ4v) is 2.84. The number of nitrogen functional groups attached to an aromatic ring is 1. The van der Waals surface area contributed by atoms with Crippen LogP contribution >= 0.6 is 12.6 Å². The van der Waals surface area contributed by atoms with Crippen LogP contribution < -0.4 is 5.73 Å². The molecule has 0 saturated carbocycles. The minimum atomic E-state index is 0.425. The smallest absolute Gasteiger partial charge is 0.0346 e. The van der Waals surface area contributed by atoms with Gasteiger partial charge in [-0.2, -0.15) is 12.6 Å².